The normalized spacial score (nSPS) is 14.4. The topological polar surface area (TPSA) is 84.4 Å². The van der Waals surface area contributed by atoms with Gasteiger partial charge in [-0.25, -0.2) is 5.84 Å². The lowest BCUT2D eigenvalue weighted by atomic mass is 10.2. The Bertz CT molecular complexity index is 591. The number of pyridine rings is 1. The molecule has 6 nitrogen and oxygen atoms in total. The number of furan rings is 1. The number of hydrogen-bond acceptors (Lipinski definition) is 5. The van der Waals surface area contributed by atoms with Gasteiger partial charge in [0, 0.05) is 18.8 Å². The number of nitrogens with zero attached hydrogens (tertiary/aromatic N) is 2. The molecule has 0 radical (unpaired) electrons. The lowest BCUT2D eigenvalue weighted by Crippen LogP contribution is -2.30. The van der Waals surface area contributed by atoms with Crippen molar-refractivity contribution in [2.24, 2.45) is 5.84 Å². The lowest BCUT2D eigenvalue weighted by molar-refractivity contribution is 0.0953. The van der Waals surface area contributed by atoms with Gasteiger partial charge >= 0.3 is 0 Å². The molecule has 0 unspecified atom stereocenters. The molecule has 6 heteroatoms. The highest BCUT2D eigenvalue weighted by Crippen LogP contribution is 2.29. The number of hydrogen-bond donors (Lipinski definition) is 2. The van der Waals surface area contributed by atoms with Crippen LogP contribution in [0.25, 0.3) is 0 Å². The average molecular weight is 286 g/mol. The number of nitrogens with one attached hydrogen (secondary N) is 1. The monoisotopic (exact) mass is 286 g/mol. The van der Waals surface area contributed by atoms with E-state index in [4.69, 9.17) is 10.3 Å². The van der Waals surface area contributed by atoms with Crippen LogP contribution < -0.4 is 11.3 Å². The van der Waals surface area contributed by atoms with Crippen molar-refractivity contribution in [3.63, 3.8) is 0 Å². The van der Waals surface area contributed by atoms with Crippen LogP contribution in [0.5, 0.6) is 0 Å². The van der Waals surface area contributed by atoms with Crippen LogP contribution in [0.2, 0.25) is 0 Å². The Kier molecular flexibility index (Phi) is 3.98. The molecule has 0 aliphatic heterocycles. The molecule has 0 spiro atoms. The first-order valence-electron chi connectivity index (χ1n) is 6.98. The van der Waals surface area contributed by atoms with E-state index in [1.165, 1.54) is 12.8 Å². The number of nitrogen functional groups attached to an aromatic ring is 1. The molecule has 3 N–H and O–H groups in total. The van der Waals surface area contributed by atoms with E-state index in [2.05, 4.69) is 15.3 Å². The Morgan fingerprint density at radius 3 is 2.81 bits per heavy atom. The van der Waals surface area contributed by atoms with E-state index < -0.39 is 0 Å². The van der Waals surface area contributed by atoms with Crippen molar-refractivity contribution in [1.29, 1.82) is 0 Å². The highest BCUT2D eigenvalue weighted by molar-refractivity contribution is 5.93. The van der Waals surface area contributed by atoms with Crippen LogP contribution in [0.3, 0.4) is 0 Å². The summed E-state index contributed by atoms with van der Waals surface area (Å²) in [4.78, 5) is 18.1. The minimum atomic E-state index is -0.330. The first-order chi connectivity index (χ1) is 10.3. The molecule has 0 aromatic carbocycles. The second-order valence-electron chi connectivity index (χ2n) is 5.23. The van der Waals surface area contributed by atoms with Crippen LogP contribution >= 0.6 is 0 Å². The molecule has 110 valence electrons. The van der Waals surface area contributed by atoms with E-state index in [1.807, 2.05) is 18.2 Å². The molecule has 0 atom stereocenters. The summed E-state index contributed by atoms with van der Waals surface area (Å²) < 4.78 is 5.42. The number of rotatable bonds is 6. The third-order valence-electron chi connectivity index (χ3n) is 3.59. The van der Waals surface area contributed by atoms with E-state index in [0.29, 0.717) is 11.6 Å². The number of carbonyl (C=O) groups excluding carboxylic acids is 1. The highest BCUT2D eigenvalue weighted by Gasteiger charge is 2.29. The molecular weight excluding hydrogens is 268 g/mol. The Morgan fingerprint density at radius 2 is 2.24 bits per heavy atom. The fourth-order valence-electron chi connectivity index (χ4n) is 2.30. The Morgan fingerprint density at radius 1 is 1.38 bits per heavy atom. The van der Waals surface area contributed by atoms with Gasteiger partial charge in [0.25, 0.3) is 5.91 Å². The maximum Gasteiger partial charge on any atom is 0.266 e. The molecule has 2 aromatic rings. The van der Waals surface area contributed by atoms with Gasteiger partial charge in [-0.2, -0.15) is 0 Å². The predicted octanol–water partition coefficient (Wildman–Crippen LogP) is 1.44. The molecule has 21 heavy (non-hydrogen) atoms. The molecule has 2 aromatic heterocycles. The number of carbonyl (C=O) groups is 1. The second kappa shape index (κ2) is 6.07. The zero-order valence-corrected chi connectivity index (χ0v) is 11.7. The van der Waals surface area contributed by atoms with Crippen molar-refractivity contribution >= 4 is 5.91 Å². The SMILES string of the molecule is NNC(=O)c1ccc(CN(Cc2ccco2)C2CC2)nc1. The van der Waals surface area contributed by atoms with Gasteiger partial charge in [-0.3, -0.25) is 20.1 Å². The first kappa shape index (κ1) is 13.8. The maximum absolute atomic E-state index is 11.4. The van der Waals surface area contributed by atoms with Gasteiger partial charge < -0.3 is 4.42 Å². The van der Waals surface area contributed by atoms with Crippen LogP contribution in [0.4, 0.5) is 0 Å². The summed E-state index contributed by atoms with van der Waals surface area (Å²) in [5.74, 6) is 5.73. The van der Waals surface area contributed by atoms with Gasteiger partial charge in [-0.15, -0.1) is 0 Å². The summed E-state index contributed by atoms with van der Waals surface area (Å²) in [6, 6.07) is 8.09. The summed E-state index contributed by atoms with van der Waals surface area (Å²) in [6.45, 7) is 1.53. The molecule has 0 bridgehead atoms. The van der Waals surface area contributed by atoms with Crippen molar-refractivity contribution in [2.45, 2.75) is 32.0 Å². The van der Waals surface area contributed by atoms with E-state index in [9.17, 15) is 4.79 Å². The van der Waals surface area contributed by atoms with E-state index in [-0.39, 0.29) is 5.91 Å². The van der Waals surface area contributed by atoms with Crippen molar-refractivity contribution < 1.29 is 9.21 Å². The van der Waals surface area contributed by atoms with Gasteiger partial charge in [0.05, 0.1) is 24.1 Å². The summed E-state index contributed by atoms with van der Waals surface area (Å²) in [7, 11) is 0. The number of hydrazine groups is 1. The Hall–Kier alpha value is -2.18. The molecule has 1 aliphatic carbocycles. The van der Waals surface area contributed by atoms with Gasteiger partial charge in [-0.1, -0.05) is 0 Å². The molecule has 2 heterocycles. The first-order valence-corrected chi connectivity index (χ1v) is 6.98. The Labute approximate surface area is 122 Å². The molecular formula is C15H18N4O2. The van der Waals surface area contributed by atoms with E-state index in [0.717, 1.165) is 24.5 Å². The molecule has 1 amide bonds. The van der Waals surface area contributed by atoms with Crippen LogP contribution in [0.15, 0.2) is 41.1 Å². The number of amides is 1. The van der Waals surface area contributed by atoms with Gasteiger partial charge in [0.1, 0.15) is 5.76 Å². The molecule has 1 aliphatic rings. The summed E-state index contributed by atoms with van der Waals surface area (Å²) >= 11 is 0. The van der Waals surface area contributed by atoms with Gasteiger partial charge in [0.2, 0.25) is 0 Å². The number of aromatic nitrogens is 1. The minimum Gasteiger partial charge on any atom is -0.468 e. The lowest BCUT2D eigenvalue weighted by Gasteiger charge is -2.20. The van der Waals surface area contributed by atoms with Gasteiger partial charge in [0.15, 0.2) is 0 Å². The summed E-state index contributed by atoms with van der Waals surface area (Å²) in [6.07, 6.45) is 5.68. The molecule has 1 fully saturated rings. The van der Waals surface area contributed by atoms with Crippen LogP contribution in [-0.2, 0) is 13.1 Å². The van der Waals surface area contributed by atoms with Crippen molar-refractivity contribution in [3.05, 3.63) is 53.7 Å². The standard InChI is InChI=1S/C15H18N4O2/c16-18-15(20)11-3-4-12(17-8-11)9-19(13-5-6-13)10-14-2-1-7-21-14/h1-4,7-8,13H,5-6,9-10,16H2,(H,18,20). The summed E-state index contributed by atoms with van der Waals surface area (Å²) in [5, 5.41) is 0. The smallest absolute Gasteiger partial charge is 0.266 e. The largest absolute Gasteiger partial charge is 0.468 e. The number of nitrogens with two attached hydrogens (primary N) is 1. The third-order valence-corrected chi connectivity index (χ3v) is 3.59. The average Bonchev–Trinajstić information content (AvgIpc) is 3.24. The summed E-state index contributed by atoms with van der Waals surface area (Å²) in [5.41, 5.74) is 3.49. The third kappa shape index (κ3) is 3.48. The molecule has 1 saturated carbocycles. The molecule has 3 rings (SSSR count). The maximum atomic E-state index is 11.4. The molecule has 0 saturated heterocycles. The van der Waals surface area contributed by atoms with Crippen LogP contribution in [-0.4, -0.2) is 21.8 Å². The second-order valence-corrected chi connectivity index (χ2v) is 5.23. The highest BCUT2D eigenvalue weighted by atomic mass is 16.3. The minimum absolute atomic E-state index is 0.330. The van der Waals surface area contributed by atoms with Crippen molar-refractivity contribution in [1.82, 2.24) is 15.3 Å². The zero-order chi connectivity index (χ0) is 14.7. The quantitative estimate of drug-likeness (QED) is 0.477. The van der Waals surface area contributed by atoms with Gasteiger partial charge in [-0.05, 0) is 37.1 Å². The van der Waals surface area contributed by atoms with Crippen molar-refractivity contribution in [3.8, 4) is 0 Å². The van der Waals surface area contributed by atoms with Crippen LogP contribution in [0.1, 0.15) is 34.7 Å². The van der Waals surface area contributed by atoms with E-state index >= 15 is 0 Å². The zero-order valence-electron chi connectivity index (χ0n) is 11.7. The Balaban J connectivity index is 1.66. The fourth-order valence-corrected chi connectivity index (χ4v) is 2.30. The predicted molar refractivity (Wildman–Crippen MR) is 76.9 cm³/mol. The van der Waals surface area contributed by atoms with Crippen LogP contribution in [0, 0.1) is 0 Å². The van der Waals surface area contributed by atoms with Crippen molar-refractivity contribution in [2.75, 3.05) is 0 Å². The fraction of sp³-hybridized carbons (Fsp3) is 0.333. The van der Waals surface area contributed by atoms with E-state index in [1.54, 1.807) is 18.5 Å².